The lowest BCUT2D eigenvalue weighted by atomic mass is 10.2. The topological polar surface area (TPSA) is 93.1 Å². The fourth-order valence-electron chi connectivity index (χ4n) is 2.61. The smallest absolute Gasteiger partial charge is 0.251 e. The van der Waals surface area contributed by atoms with E-state index < -0.39 is 0 Å². The maximum atomic E-state index is 12.2. The number of carbonyl (C=O) groups is 2. The molecule has 0 aliphatic heterocycles. The Bertz CT molecular complexity index is 1030. The van der Waals surface area contributed by atoms with Gasteiger partial charge in [0.1, 0.15) is 6.54 Å². The Morgan fingerprint density at radius 2 is 1.82 bits per heavy atom. The van der Waals surface area contributed by atoms with Crippen LogP contribution in [-0.4, -0.2) is 21.4 Å². The van der Waals surface area contributed by atoms with Gasteiger partial charge in [0.05, 0.1) is 12.2 Å². The molecular weight excluding hydrogens is 356 g/mol. The SMILES string of the molecule is Cc1ccc(=O)n(CC(=O)Nc2ccc(C(=O)NCc3ccccn3)cc2)c1. The first-order chi connectivity index (χ1) is 13.5. The van der Waals surface area contributed by atoms with Crippen molar-refractivity contribution < 1.29 is 9.59 Å². The molecule has 0 atom stereocenters. The van der Waals surface area contributed by atoms with Crippen LogP contribution in [-0.2, 0) is 17.9 Å². The van der Waals surface area contributed by atoms with E-state index in [1.54, 1.807) is 42.7 Å². The van der Waals surface area contributed by atoms with Crippen LogP contribution < -0.4 is 16.2 Å². The van der Waals surface area contributed by atoms with E-state index in [0.29, 0.717) is 17.8 Å². The van der Waals surface area contributed by atoms with E-state index >= 15 is 0 Å². The molecule has 3 rings (SSSR count). The van der Waals surface area contributed by atoms with Gasteiger partial charge in [-0.15, -0.1) is 0 Å². The number of aromatic nitrogens is 2. The molecule has 2 amide bonds. The van der Waals surface area contributed by atoms with Crippen molar-refractivity contribution in [1.29, 1.82) is 0 Å². The molecule has 0 bridgehead atoms. The Balaban J connectivity index is 1.56. The Kier molecular flexibility index (Phi) is 5.96. The van der Waals surface area contributed by atoms with Gasteiger partial charge in [-0.3, -0.25) is 19.4 Å². The molecule has 28 heavy (non-hydrogen) atoms. The molecule has 0 saturated carbocycles. The van der Waals surface area contributed by atoms with Gasteiger partial charge in [-0.05, 0) is 48.9 Å². The van der Waals surface area contributed by atoms with E-state index in [0.717, 1.165) is 11.3 Å². The van der Waals surface area contributed by atoms with Gasteiger partial charge < -0.3 is 15.2 Å². The fourth-order valence-corrected chi connectivity index (χ4v) is 2.61. The Hall–Kier alpha value is -3.74. The summed E-state index contributed by atoms with van der Waals surface area (Å²) < 4.78 is 1.35. The third-order valence-corrected chi connectivity index (χ3v) is 4.03. The highest BCUT2D eigenvalue weighted by Crippen LogP contribution is 2.10. The average molecular weight is 376 g/mol. The van der Waals surface area contributed by atoms with Gasteiger partial charge in [-0.25, -0.2) is 0 Å². The number of nitrogens with one attached hydrogen (secondary N) is 2. The predicted molar refractivity (Wildman–Crippen MR) is 106 cm³/mol. The molecule has 0 unspecified atom stereocenters. The molecule has 0 saturated heterocycles. The van der Waals surface area contributed by atoms with Crippen LogP contribution in [0.15, 0.2) is 71.8 Å². The summed E-state index contributed by atoms with van der Waals surface area (Å²) in [7, 11) is 0. The lowest BCUT2D eigenvalue weighted by molar-refractivity contribution is -0.116. The van der Waals surface area contributed by atoms with Gasteiger partial charge in [0.2, 0.25) is 5.91 Å². The number of rotatable bonds is 6. The Labute approximate surface area is 162 Å². The molecule has 0 fully saturated rings. The second-order valence-electron chi connectivity index (χ2n) is 6.30. The van der Waals surface area contributed by atoms with Crippen molar-refractivity contribution in [2.24, 2.45) is 0 Å². The first-order valence-corrected chi connectivity index (χ1v) is 8.76. The van der Waals surface area contributed by atoms with E-state index in [-0.39, 0.29) is 23.9 Å². The van der Waals surface area contributed by atoms with Gasteiger partial charge in [-0.1, -0.05) is 12.1 Å². The first kappa shape index (κ1) is 19.0. The summed E-state index contributed by atoms with van der Waals surface area (Å²) in [6, 6.07) is 15.2. The highest BCUT2D eigenvalue weighted by Gasteiger charge is 2.08. The van der Waals surface area contributed by atoms with Crippen molar-refractivity contribution in [3.8, 4) is 0 Å². The van der Waals surface area contributed by atoms with Crippen LogP contribution in [0.25, 0.3) is 0 Å². The minimum absolute atomic E-state index is 0.0766. The fraction of sp³-hybridized carbons (Fsp3) is 0.143. The molecule has 0 aliphatic carbocycles. The molecule has 7 heteroatoms. The standard InChI is InChI=1S/C21H20N4O3/c1-15-5-10-20(27)25(13-15)14-19(26)24-17-8-6-16(7-9-17)21(28)23-12-18-4-2-3-11-22-18/h2-11,13H,12,14H2,1H3,(H,23,28)(H,24,26). The van der Waals surface area contributed by atoms with Crippen molar-refractivity contribution in [3.05, 3.63) is 94.2 Å². The molecule has 0 radical (unpaired) electrons. The Morgan fingerprint density at radius 3 is 2.54 bits per heavy atom. The van der Waals surface area contributed by atoms with Crippen LogP contribution >= 0.6 is 0 Å². The molecule has 7 nitrogen and oxygen atoms in total. The summed E-state index contributed by atoms with van der Waals surface area (Å²) in [4.78, 5) is 40.3. The van der Waals surface area contributed by atoms with Crippen molar-refractivity contribution >= 4 is 17.5 Å². The van der Waals surface area contributed by atoms with Gasteiger partial charge >= 0.3 is 0 Å². The molecule has 1 aromatic carbocycles. The van der Waals surface area contributed by atoms with Crippen LogP contribution in [0.2, 0.25) is 0 Å². The largest absolute Gasteiger partial charge is 0.346 e. The number of hydrogen-bond acceptors (Lipinski definition) is 4. The number of amides is 2. The molecule has 0 aliphatic rings. The number of pyridine rings is 2. The number of anilines is 1. The van der Waals surface area contributed by atoms with E-state index in [4.69, 9.17) is 0 Å². The average Bonchev–Trinajstić information content (AvgIpc) is 2.70. The normalized spacial score (nSPS) is 10.3. The zero-order chi connectivity index (χ0) is 19.9. The number of nitrogens with zero attached hydrogens (tertiary/aromatic N) is 2. The van der Waals surface area contributed by atoms with Crippen LogP contribution in [0.3, 0.4) is 0 Å². The highest BCUT2D eigenvalue weighted by atomic mass is 16.2. The van der Waals surface area contributed by atoms with Crippen LogP contribution in [0.4, 0.5) is 5.69 Å². The quantitative estimate of drug-likeness (QED) is 0.689. The summed E-state index contributed by atoms with van der Waals surface area (Å²) in [6.07, 6.45) is 3.31. The summed E-state index contributed by atoms with van der Waals surface area (Å²) >= 11 is 0. The van der Waals surface area contributed by atoms with E-state index in [9.17, 15) is 14.4 Å². The highest BCUT2D eigenvalue weighted by molar-refractivity contribution is 5.95. The van der Waals surface area contributed by atoms with Crippen molar-refractivity contribution in [2.75, 3.05) is 5.32 Å². The maximum Gasteiger partial charge on any atom is 0.251 e. The third-order valence-electron chi connectivity index (χ3n) is 4.03. The maximum absolute atomic E-state index is 12.2. The second-order valence-corrected chi connectivity index (χ2v) is 6.30. The summed E-state index contributed by atoms with van der Waals surface area (Å²) in [5.74, 6) is -0.546. The van der Waals surface area contributed by atoms with E-state index in [2.05, 4.69) is 15.6 Å². The van der Waals surface area contributed by atoms with Crippen LogP contribution in [0.1, 0.15) is 21.6 Å². The van der Waals surface area contributed by atoms with Crippen molar-refractivity contribution in [2.45, 2.75) is 20.0 Å². The Morgan fingerprint density at radius 1 is 1.04 bits per heavy atom. The van der Waals surface area contributed by atoms with Gasteiger partial charge in [0.25, 0.3) is 11.5 Å². The number of aryl methyl sites for hydroxylation is 1. The molecule has 0 spiro atoms. The summed E-state index contributed by atoms with van der Waals surface area (Å²) in [6.45, 7) is 2.11. The monoisotopic (exact) mass is 376 g/mol. The minimum Gasteiger partial charge on any atom is -0.346 e. The molecular formula is C21H20N4O3. The summed E-state index contributed by atoms with van der Waals surface area (Å²) in [5.41, 5.74) is 2.45. The summed E-state index contributed by atoms with van der Waals surface area (Å²) in [5, 5.41) is 5.51. The van der Waals surface area contributed by atoms with Crippen molar-refractivity contribution in [1.82, 2.24) is 14.9 Å². The first-order valence-electron chi connectivity index (χ1n) is 8.76. The van der Waals surface area contributed by atoms with Gasteiger partial charge in [-0.2, -0.15) is 0 Å². The second kappa shape index (κ2) is 8.77. The van der Waals surface area contributed by atoms with E-state index in [1.807, 2.05) is 25.1 Å². The van der Waals surface area contributed by atoms with Crippen molar-refractivity contribution in [3.63, 3.8) is 0 Å². The zero-order valence-corrected chi connectivity index (χ0v) is 15.4. The number of hydrogen-bond donors (Lipinski definition) is 2. The molecule has 3 aromatic rings. The van der Waals surface area contributed by atoms with Crippen LogP contribution in [0.5, 0.6) is 0 Å². The lowest BCUT2D eigenvalue weighted by Crippen LogP contribution is -2.27. The third kappa shape index (κ3) is 5.14. The molecule has 2 N–H and O–H groups in total. The molecule has 142 valence electrons. The lowest BCUT2D eigenvalue weighted by Gasteiger charge is -2.09. The molecule has 2 aromatic heterocycles. The number of carbonyl (C=O) groups excluding carboxylic acids is 2. The minimum atomic E-state index is -0.319. The zero-order valence-electron chi connectivity index (χ0n) is 15.4. The van der Waals surface area contributed by atoms with Gasteiger partial charge in [0, 0.05) is 29.7 Å². The van der Waals surface area contributed by atoms with E-state index in [1.165, 1.54) is 10.6 Å². The predicted octanol–water partition coefficient (Wildman–Crippen LogP) is 2.12. The van der Waals surface area contributed by atoms with Crippen LogP contribution in [0, 0.1) is 6.92 Å². The number of benzene rings is 1. The van der Waals surface area contributed by atoms with Gasteiger partial charge in [0.15, 0.2) is 0 Å². The molecule has 2 heterocycles.